The SMILES string of the molecule is Br.CCCCn1ccnc1CCO.c1ccc2ncccc2c1. The molecule has 2 heterocycles. The van der Waals surface area contributed by atoms with Crippen molar-refractivity contribution in [1.29, 1.82) is 0 Å². The van der Waals surface area contributed by atoms with E-state index in [0.717, 1.165) is 17.9 Å². The number of para-hydroxylation sites is 1. The monoisotopic (exact) mass is 377 g/mol. The Bertz CT molecular complexity index is 619. The molecule has 3 aromatic rings. The normalized spacial score (nSPS) is 9.83. The molecule has 0 aliphatic carbocycles. The molecule has 23 heavy (non-hydrogen) atoms. The Balaban J connectivity index is 0.000000223. The Morgan fingerprint density at radius 3 is 2.57 bits per heavy atom. The number of halogens is 1. The highest BCUT2D eigenvalue weighted by Crippen LogP contribution is 2.07. The minimum atomic E-state index is 0. The van der Waals surface area contributed by atoms with E-state index in [0.29, 0.717) is 6.42 Å². The standard InChI is InChI=1S/C9H16N2O.C9H7N.BrH/c1-2-3-6-11-7-5-10-9(11)4-8-12;1-2-6-9-8(4-1)5-3-7-10-9;/h5,7,12H,2-4,6,8H2,1H3;1-7H;1H. The van der Waals surface area contributed by atoms with Crippen LogP contribution in [0.4, 0.5) is 0 Å². The first kappa shape index (κ1) is 19.3. The molecule has 1 aromatic carbocycles. The fraction of sp³-hybridized carbons (Fsp3) is 0.333. The summed E-state index contributed by atoms with van der Waals surface area (Å²) in [5.74, 6) is 0.992. The molecule has 0 atom stereocenters. The van der Waals surface area contributed by atoms with E-state index in [1.165, 1.54) is 18.2 Å². The Kier molecular flexibility index (Phi) is 9.17. The third kappa shape index (κ3) is 6.12. The van der Waals surface area contributed by atoms with Crippen LogP contribution >= 0.6 is 17.0 Å². The van der Waals surface area contributed by atoms with E-state index < -0.39 is 0 Å². The lowest BCUT2D eigenvalue weighted by Crippen LogP contribution is -2.04. The van der Waals surface area contributed by atoms with Gasteiger partial charge in [-0.15, -0.1) is 17.0 Å². The van der Waals surface area contributed by atoms with E-state index in [9.17, 15) is 0 Å². The van der Waals surface area contributed by atoms with Crippen LogP contribution in [0.5, 0.6) is 0 Å². The number of unbranched alkanes of at least 4 members (excludes halogenated alkanes) is 1. The Hall–Kier alpha value is -1.72. The van der Waals surface area contributed by atoms with Crippen LogP contribution in [0.25, 0.3) is 10.9 Å². The largest absolute Gasteiger partial charge is 0.396 e. The average molecular weight is 378 g/mol. The van der Waals surface area contributed by atoms with Crippen molar-refractivity contribution < 1.29 is 5.11 Å². The molecule has 0 aliphatic heterocycles. The third-order valence-corrected chi connectivity index (χ3v) is 3.40. The third-order valence-electron chi connectivity index (χ3n) is 3.40. The molecular formula is C18H24BrN3O. The maximum absolute atomic E-state index is 8.73. The molecule has 0 aliphatic rings. The number of pyridine rings is 1. The van der Waals surface area contributed by atoms with E-state index >= 15 is 0 Å². The summed E-state index contributed by atoms with van der Waals surface area (Å²) in [5, 5.41) is 9.93. The topological polar surface area (TPSA) is 50.9 Å². The molecule has 0 saturated carbocycles. The second kappa shape index (κ2) is 10.9. The number of nitrogens with zero attached hydrogens (tertiary/aromatic N) is 3. The predicted octanol–water partition coefficient (Wildman–Crippen LogP) is 4.03. The van der Waals surface area contributed by atoms with Crippen LogP contribution in [0.3, 0.4) is 0 Å². The van der Waals surface area contributed by atoms with E-state index in [1.807, 2.05) is 36.7 Å². The number of hydrogen-bond acceptors (Lipinski definition) is 3. The summed E-state index contributed by atoms with van der Waals surface area (Å²) in [6.45, 7) is 3.37. The number of aliphatic hydroxyl groups excluding tert-OH is 1. The van der Waals surface area contributed by atoms with Gasteiger partial charge in [-0.25, -0.2) is 4.98 Å². The second-order valence-corrected chi connectivity index (χ2v) is 5.06. The first-order valence-electron chi connectivity index (χ1n) is 7.75. The van der Waals surface area contributed by atoms with Crippen LogP contribution in [0.15, 0.2) is 55.0 Å². The molecule has 0 unspecified atom stereocenters. The van der Waals surface area contributed by atoms with Gasteiger partial charge >= 0.3 is 0 Å². The van der Waals surface area contributed by atoms with Crippen molar-refractivity contribution in [3.05, 3.63) is 60.8 Å². The lowest BCUT2D eigenvalue weighted by Gasteiger charge is -2.04. The fourth-order valence-corrected chi connectivity index (χ4v) is 2.22. The van der Waals surface area contributed by atoms with Crippen LogP contribution in [0, 0.1) is 0 Å². The van der Waals surface area contributed by atoms with E-state index in [1.54, 1.807) is 6.20 Å². The molecule has 0 radical (unpaired) electrons. The number of benzene rings is 1. The number of aliphatic hydroxyl groups is 1. The summed E-state index contributed by atoms with van der Waals surface area (Å²) in [6.07, 6.45) is 8.60. The van der Waals surface area contributed by atoms with Gasteiger partial charge in [-0.3, -0.25) is 4.98 Å². The van der Waals surface area contributed by atoms with E-state index in [4.69, 9.17) is 5.11 Å². The summed E-state index contributed by atoms with van der Waals surface area (Å²) in [6, 6.07) is 12.1. The molecule has 3 rings (SSSR count). The molecule has 0 bridgehead atoms. The van der Waals surface area contributed by atoms with Gasteiger partial charge in [-0.05, 0) is 18.6 Å². The zero-order valence-electron chi connectivity index (χ0n) is 13.4. The van der Waals surface area contributed by atoms with Crippen molar-refractivity contribution in [2.45, 2.75) is 32.7 Å². The zero-order chi connectivity index (χ0) is 15.6. The van der Waals surface area contributed by atoms with Crippen molar-refractivity contribution >= 4 is 27.9 Å². The van der Waals surface area contributed by atoms with Gasteiger partial charge in [0, 0.05) is 36.9 Å². The smallest absolute Gasteiger partial charge is 0.110 e. The number of hydrogen-bond donors (Lipinski definition) is 1. The van der Waals surface area contributed by atoms with Crippen molar-refractivity contribution in [3.63, 3.8) is 0 Å². The number of aryl methyl sites for hydroxylation is 1. The highest BCUT2D eigenvalue weighted by molar-refractivity contribution is 8.93. The lowest BCUT2D eigenvalue weighted by molar-refractivity contribution is 0.294. The van der Waals surface area contributed by atoms with Crippen molar-refractivity contribution in [1.82, 2.24) is 14.5 Å². The van der Waals surface area contributed by atoms with Crippen molar-refractivity contribution in [2.75, 3.05) is 6.61 Å². The summed E-state index contributed by atoms with van der Waals surface area (Å²) >= 11 is 0. The molecular weight excluding hydrogens is 354 g/mol. The van der Waals surface area contributed by atoms with Gasteiger partial charge in [0.25, 0.3) is 0 Å². The Morgan fingerprint density at radius 2 is 1.83 bits per heavy atom. The molecule has 2 aromatic heterocycles. The van der Waals surface area contributed by atoms with Gasteiger partial charge in [0.1, 0.15) is 5.82 Å². The first-order valence-corrected chi connectivity index (χ1v) is 7.75. The highest BCUT2D eigenvalue weighted by Gasteiger charge is 1.99. The van der Waals surface area contributed by atoms with Crippen LogP contribution < -0.4 is 0 Å². The highest BCUT2D eigenvalue weighted by atomic mass is 79.9. The minimum Gasteiger partial charge on any atom is -0.396 e. The van der Waals surface area contributed by atoms with Crippen molar-refractivity contribution in [3.8, 4) is 0 Å². The zero-order valence-corrected chi connectivity index (χ0v) is 15.1. The maximum atomic E-state index is 8.73. The van der Waals surface area contributed by atoms with Gasteiger partial charge in [0.2, 0.25) is 0 Å². The molecule has 124 valence electrons. The van der Waals surface area contributed by atoms with Gasteiger partial charge < -0.3 is 9.67 Å². The van der Waals surface area contributed by atoms with Crippen LogP contribution in [-0.4, -0.2) is 26.2 Å². The number of aromatic nitrogens is 3. The average Bonchev–Trinajstić information content (AvgIpc) is 3.01. The summed E-state index contributed by atoms with van der Waals surface area (Å²) in [7, 11) is 0. The molecule has 4 nitrogen and oxygen atoms in total. The first-order chi connectivity index (χ1) is 10.8. The fourth-order valence-electron chi connectivity index (χ4n) is 2.22. The number of rotatable bonds is 5. The van der Waals surface area contributed by atoms with E-state index in [2.05, 4.69) is 33.6 Å². The van der Waals surface area contributed by atoms with Crippen LogP contribution in [0.2, 0.25) is 0 Å². The van der Waals surface area contributed by atoms with Gasteiger partial charge in [0.15, 0.2) is 0 Å². The van der Waals surface area contributed by atoms with Crippen LogP contribution in [-0.2, 0) is 13.0 Å². The molecule has 0 fully saturated rings. The number of fused-ring (bicyclic) bond motifs is 1. The molecule has 1 N–H and O–H groups in total. The Morgan fingerprint density at radius 1 is 1.04 bits per heavy atom. The van der Waals surface area contributed by atoms with Gasteiger partial charge in [-0.1, -0.05) is 37.6 Å². The molecule has 0 amide bonds. The molecule has 0 saturated heterocycles. The minimum absolute atomic E-state index is 0. The summed E-state index contributed by atoms with van der Waals surface area (Å²) in [4.78, 5) is 8.34. The van der Waals surface area contributed by atoms with Gasteiger partial charge in [0.05, 0.1) is 12.1 Å². The number of imidazole rings is 1. The lowest BCUT2D eigenvalue weighted by atomic mass is 10.2. The summed E-state index contributed by atoms with van der Waals surface area (Å²) in [5.41, 5.74) is 1.06. The van der Waals surface area contributed by atoms with E-state index in [-0.39, 0.29) is 23.6 Å². The van der Waals surface area contributed by atoms with Crippen LogP contribution in [0.1, 0.15) is 25.6 Å². The molecule has 5 heteroatoms. The molecule has 0 spiro atoms. The predicted molar refractivity (Wildman–Crippen MR) is 100.0 cm³/mol. The van der Waals surface area contributed by atoms with Crippen molar-refractivity contribution in [2.24, 2.45) is 0 Å². The Labute approximate surface area is 148 Å². The van der Waals surface area contributed by atoms with Gasteiger partial charge in [-0.2, -0.15) is 0 Å². The summed E-state index contributed by atoms with van der Waals surface area (Å²) < 4.78 is 2.11. The second-order valence-electron chi connectivity index (χ2n) is 5.06. The quantitative estimate of drug-likeness (QED) is 0.729. The maximum Gasteiger partial charge on any atom is 0.110 e.